The molecule has 3 heteroatoms. The van der Waals surface area contributed by atoms with Crippen molar-refractivity contribution in [1.82, 2.24) is 5.48 Å². The van der Waals surface area contributed by atoms with Crippen molar-refractivity contribution in [3.63, 3.8) is 0 Å². The summed E-state index contributed by atoms with van der Waals surface area (Å²) in [7, 11) is 1.75. The lowest BCUT2D eigenvalue weighted by atomic mass is 10.1. The van der Waals surface area contributed by atoms with Gasteiger partial charge < -0.3 is 9.94 Å². The first-order valence-electron chi connectivity index (χ1n) is 4.39. The highest BCUT2D eigenvalue weighted by atomic mass is 16.6. The van der Waals surface area contributed by atoms with Crippen LogP contribution in [0, 0.1) is 0 Å². The first-order valence-corrected chi connectivity index (χ1v) is 4.39. The zero-order valence-electron chi connectivity index (χ0n) is 7.79. The first-order chi connectivity index (χ1) is 6.33. The van der Waals surface area contributed by atoms with Gasteiger partial charge in [0.15, 0.2) is 0 Å². The van der Waals surface area contributed by atoms with Crippen molar-refractivity contribution in [2.75, 3.05) is 13.7 Å². The van der Waals surface area contributed by atoms with Crippen molar-refractivity contribution < 1.29 is 9.94 Å². The van der Waals surface area contributed by atoms with Crippen LogP contribution in [0.4, 0.5) is 0 Å². The van der Waals surface area contributed by atoms with E-state index < -0.39 is 0 Å². The molecule has 1 rings (SSSR count). The van der Waals surface area contributed by atoms with E-state index in [-0.39, 0.29) is 0 Å². The molecular weight excluding hydrogens is 166 g/mol. The Kier molecular flexibility index (Phi) is 4.29. The fourth-order valence-electron chi connectivity index (χ4n) is 1.11. The predicted octanol–water partition coefficient (Wildman–Crippen LogP) is 1.48. The molecule has 0 unspecified atom stereocenters. The van der Waals surface area contributed by atoms with E-state index in [9.17, 15) is 0 Å². The molecule has 13 heavy (non-hydrogen) atoms. The number of hydrogen-bond acceptors (Lipinski definition) is 3. The molecule has 0 aromatic heterocycles. The van der Waals surface area contributed by atoms with E-state index >= 15 is 0 Å². The molecule has 0 spiro atoms. The highest BCUT2D eigenvalue weighted by Crippen LogP contribution is 2.10. The van der Waals surface area contributed by atoms with Gasteiger partial charge in [0.2, 0.25) is 0 Å². The van der Waals surface area contributed by atoms with Crippen molar-refractivity contribution in [2.24, 2.45) is 0 Å². The van der Waals surface area contributed by atoms with Gasteiger partial charge in [-0.3, -0.25) is 0 Å². The van der Waals surface area contributed by atoms with Crippen LogP contribution >= 0.6 is 0 Å². The molecule has 1 aromatic rings. The van der Waals surface area contributed by atoms with Gasteiger partial charge in [0, 0.05) is 7.05 Å². The maximum Gasteiger partial charge on any atom is 0.115 e. The molecule has 0 aliphatic carbocycles. The maximum absolute atomic E-state index is 9.03. The number of aryl methyl sites for hydroxylation is 1. The minimum Gasteiger partial charge on any atom is -0.508 e. The zero-order valence-corrected chi connectivity index (χ0v) is 7.79. The molecule has 0 saturated heterocycles. The molecule has 0 fully saturated rings. The Labute approximate surface area is 78.3 Å². The lowest BCUT2D eigenvalue weighted by molar-refractivity contribution is 0.0564. The molecule has 3 nitrogen and oxygen atoms in total. The van der Waals surface area contributed by atoms with Gasteiger partial charge in [0.1, 0.15) is 5.75 Å². The number of benzene rings is 1. The minimum atomic E-state index is 0.315. The van der Waals surface area contributed by atoms with E-state index in [0.29, 0.717) is 12.4 Å². The Balaban J connectivity index is 2.25. The van der Waals surface area contributed by atoms with Crippen LogP contribution in [-0.2, 0) is 11.3 Å². The summed E-state index contributed by atoms with van der Waals surface area (Å²) in [6, 6.07) is 7.26. The van der Waals surface area contributed by atoms with E-state index in [1.165, 1.54) is 5.56 Å². The monoisotopic (exact) mass is 181 g/mol. The van der Waals surface area contributed by atoms with Gasteiger partial charge in [-0.05, 0) is 30.5 Å². The third-order valence-electron chi connectivity index (χ3n) is 1.79. The first kappa shape index (κ1) is 10.0. The van der Waals surface area contributed by atoms with Crippen molar-refractivity contribution in [2.45, 2.75) is 12.8 Å². The zero-order chi connectivity index (χ0) is 9.52. The summed E-state index contributed by atoms with van der Waals surface area (Å²) in [6.07, 6.45) is 1.95. The van der Waals surface area contributed by atoms with Crippen molar-refractivity contribution in [1.29, 1.82) is 0 Å². The number of hydrogen-bond donors (Lipinski definition) is 2. The molecule has 0 saturated carbocycles. The van der Waals surface area contributed by atoms with Crippen LogP contribution in [-0.4, -0.2) is 18.8 Å². The standard InChI is InChI=1S/C10H15NO2/c1-11-13-8-2-3-9-4-6-10(12)7-5-9/h4-7,11-12H,2-3,8H2,1H3. The topological polar surface area (TPSA) is 41.5 Å². The number of hydroxylamine groups is 1. The molecule has 72 valence electrons. The van der Waals surface area contributed by atoms with Crippen LogP contribution in [0.5, 0.6) is 5.75 Å². The molecule has 0 aliphatic rings. The number of nitrogens with one attached hydrogen (secondary N) is 1. The fourth-order valence-corrected chi connectivity index (χ4v) is 1.11. The van der Waals surface area contributed by atoms with Gasteiger partial charge in [0.25, 0.3) is 0 Å². The quantitative estimate of drug-likeness (QED) is 0.534. The summed E-state index contributed by atoms with van der Waals surface area (Å²) in [5, 5.41) is 9.03. The molecule has 0 aliphatic heterocycles. The Bertz CT molecular complexity index is 233. The second-order valence-electron chi connectivity index (χ2n) is 2.82. The highest BCUT2D eigenvalue weighted by molar-refractivity contribution is 5.25. The van der Waals surface area contributed by atoms with Crippen LogP contribution in [0.2, 0.25) is 0 Å². The van der Waals surface area contributed by atoms with Gasteiger partial charge in [-0.1, -0.05) is 12.1 Å². The van der Waals surface area contributed by atoms with Crippen LogP contribution in [0.25, 0.3) is 0 Å². The SMILES string of the molecule is CNOCCCc1ccc(O)cc1. The molecular formula is C10H15NO2. The largest absolute Gasteiger partial charge is 0.508 e. The average molecular weight is 181 g/mol. The number of rotatable bonds is 5. The third-order valence-corrected chi connectivity index (χ3v) is 1.79. The second-order valence-corrected chi connectivity index (χ2v) is 2.82. The highest BCUT2D eigenvalue weighted by Gasteiger charge is 1.93. The number of phenolic OH excluding ortho intramolecular Hbond substituents is 1. The van der Waals surface area contributed by atoms with Gasteiger partial charge in [0.05, 0.1) is 6.61 Å². The Morgan fingerprint density at radius 3 is 2.62 bits per heavy atom. The summed E-state index contributed by atoms with van der Waals surface area (Å²) < 4.78 is 0. The van der Waals surface area contributed by atoms with E-state index in [1.807, 2.05) is 12.1 Å². The van der Waals surface area contributed by atoms with Crippen LogP contribution in [0.1, 0.15) is 12.0 Å². The summed E-state index contributed by atoms with van der Waals surface area (Å²) in [5.74, 6) is 0.315. The minimum absolute atomic E-state index is 0.315. The van der Waals surface area contributed by atoms with Crippen molar-refractivity contribution in [3.8, 4) is 5.75 Å². The summed E-state index contributed by atoms with van der Waals surface area (Å²) in [5.41, 5.74) is 3.84. The van der Waals surface area contributed by atoms with Crippen LogP contribution < -0.4 is 5.48 Å². The average Bonchev–Trinajstić information content (AvgIpc) is 2.15. The summed E-state index contributed by atoms with van der Waals surface area (Å²) in [4.78, 5) is 4.98. The molecule has 0 atom stereocenters. The van der Waals surface area contributed by atoms with E-state index in [2.05, 4.69) is 5.48 Å². The molecule has 0 heterocycles. The lowest BCUT2D eigenvalue weighted by Gasteiger charge is -2.02. The van der Waals surface area contributed by atoms with Crippen LogP contribution in [0.3, 0.4) is 0 Å². The maximum atomic E-state index is 9.03. The smallest absolute Gasteiger partial charge is 0.115 e. The normalized spacial score (nSPS) is 10.2. The van der Waals surface area contributed by atoms with Gasteiger partial charge in [-0.2, -0.15) is 0 Å². The van der Waals surface area contributed by atoms with Gasteiger partial charge in [-0.25, -0.2) is 5.48 Å². The number of phenols is 1. The third kappa shape index (κ3) is 3.92. The summed E-state index contributed by atoms with van der Waals surface area (Å²) in [6.45, 7) is 0.706. The lowest BCUT2D eigenvalue weighted by Crippen LogP contribution is -2.08. The molecule has 0 radical (unpaired) electrons. The molecule has 1 aromatic carbocycles. The fraction of sp³-hybridized carbons (Fsp3) is 0.400. The van der Waals surface area contributed by atoms with E-state index in [4.69, 9.17) is 9.94 Å². The van der Waals surface area contributed by atoms with E-state index in [0.717, 1.165) is 12.8 Å². The van der Waals surface area contributed by atoms with Crippen LogP contribution in [0.15, 0.2) is 24.3 Å². The van der Waals surface area contributed by atoms with Crippen molar-refractivity contribution >= 4 is 0 Å². The second kappa shape index (κ2) is 5.56. The van der Waals surface area contributed by atoms with Gasteiger partial charge in [-0.15, -0.1) is 0 Å². The summed E-state index contributed by atoms with van der Waals surface area (Å²) >= 11 is 0. The van der Waals surface area contributed by atoms with Crippen molar-refractivity contribution in [3.05, 3.63) is 29.8 Å². The van der Waals surface area contributed by atoms with E-state index in [1.54, 1.807) is 19.2 Å². The van der Waals surface area contributed by atoms with Gasteiger partial charge >= 0.3 is 0 Å². The Morgan fingerprint density at radius 1 is 1.31 bits per heavy atom. The number of aromatic hydroxyl groups is 1. The molecule has 0 bridgehead atoms. The molecule has 0 amide bonds. The molecule has 2 N–H and O–H groups in total. The Hall–Kier alpha value is -1.06. The predicted molar refractivity (Wildman–Crippen MR) is 51.4 cm³/mol. The Morgan fingerprint density at radius 2 is 2.00 bits per heavy atom.